The molecule has 1 nitrogen and oxygen atoms in total. The van der Waals surface area contributed by atoms with Gasteiger partial charge in [-0.15, -0.1) is 0 Å². The molecular formula is C10H5Cl4NS2. The Hall–Kier alpha value is 0.230. The lowest BCUT2D eigenvalue weighted by Crippen LogP contribution is -1.92. The van der Waals surface area contributed by atoms with E-state index in [2.05, 4.69) is 4.99 Å². The zero-order valence-corrected chi connectivity index (χ0v) is 13.1. The third kappa shape index (κ3) is 2.98. The van der Waals surface area contributed by atoms with Gasteiger partial charge in [-0.25, -0.2) is 4.99 Å². The Morgan fingerprint density at radius 1 is 1.00 bits per heavy atom. The molecule has 1 heterocycles. The van der Waals surface area contributed by atoms with E-state index >= 15 is 0 Å². The van der Waals surface area contributed by atoms with E-state index in [0.29, 0.717) is 29.8 Å². The Morgan fingerprint density at radius 2 is 1.71 bits per heavy atom. The SMILES string of the molecule is Cc1cc(Cl)c(N=c2ssc(Cl)c2Cl)cc1Cl. The Labute approximate surface area is 126 Å². The fraction of sp³-hybridized carbons (Fsp3) is 0.100. The smallest absolute Gasteiger partial charge is 0.147 e. The van der Waals surface area contributed by atoms with Gasteiger partial charge >= 0.3 is 0 Å². The van der Waals surface area contributed by atoms with E-state index in [0.717, 1.165) is 5.56 Å². The Kier molecular flexibility index (Phi) is 4.40. The first-order valence-corrected chi connectivity index (χ1v) is 8.09. The van der Waals surface area contributed by atoms with Crippen molar-refractivity contribution in [1.82, 2.24) is 0 Å². The van der Waals surface area contributed by atoms with E-state index < -0.39 is 0 Å². The number of aryl methyl sites for hydroxylation is 1. The van der Waals surface area contributed by atoms with Crippen molar-refractivity contribution in [3.63, 3.8) is 0 Å². The Balaban J connectivity index is 2.60. The molecule has 0 spiro atoms. The van der Waals surface area contributed by atoms with E-state index in [9.17, 15) is 0 Å². The molecule has 0 radical (unpaired) electrons. The second kappa shape index (κ2) is 5.47. The van der Waals surface area contributed by atoms with Crippen LogP contribution in [0.3, 0.4) is 0 Å². The van der Waals surface area contributed by atoms with Gasteiger partial charge in [0.15, 0.2) is 0 Å². The first-order valence-electron chi connectivity index (χ1n) is 4.43. The van der Waals surface area contributed by atoms with E-state index in [-0.39, 0.29) is 0 Å². The van der Waals surface area contributed by atoms with Crippen molar-refractivity contribution < 1.29 is 0 Å². The standard InChI is InChI=1S/C10H5Cl4NS2/c1-4-2-6(12)7(3-5(4)11)15-10-8(13)9(14)16-17-10/h2-3H,1H3. The summed E-state index contributed by atoms with van der Waals surface area (Å²) in [6.07, 6.45) is 0. The maximum absolute atomic E-state index is 6.09. The van der Waals surface area contributed by atoms with Crippen LogP contribution in [-0.4, -0.2) is 0 Å². The van der Waals surface area contributed by atoms with Gasteiger partial charge in [0, 0.05) is 5.02 Å². The van der Waals surface area contributed by atoms with Crippen LogP contribution in [0, 0.1) is 6.92 Å². The number of hydrogen-bond donors (Lipinski definition) is 0. The normalized spacial score (nSPS) is 12.2. The van der Waals surface area contributed by atoms with E-state index in [1.165, 1.54) is 20.7 Å². The van der Waals surface area contributed by atoms with Crippen molar-refractivity contribution in [3.05, 3.63) is 41.8 Å². The minimum Gasteiger partial charge on any atom is -0.234 e. The quantitative estimate of drug-likeness (QED) is 0.565. The summed E-state index contributed by atoms with van der Waals surface area (Å²) in [6, 6.07) is 3.49. The van der Waals surface area contributed by atoms with Crippen LogP contribution in [0.5, 0.6) is 0 Å². The molecule has 0 aliphatic rings. The average Bonchev–Trinajstić information content (AvgIpc) is 2.58. The molecule has 90 valence electrons. The predicted octanol–water partition coefficient (Wildman–Crippen LogP) is 5.96. The number of nitrogens with zero attached hydrogens (tertiary/aromatic N) is 1. The van der Waals surface area contributed by atoms with Crippen LogP contribution < -0.4 is 4.67 Å². The van der Waals surface area contributed by atoms with Crippen LogP contribution in [0.25, 0.3) is 0 Å². The van der Waals surface area contributed by atoms with Gasteiger partial charge in [0.05, 0.1) is 10.7 Å². The van der Waals surface area contributed by atoms with Crippen LogP contribution >= 0.6 is 67.1 Å². The second-order valence-electron chi connectivity index (χ2n) is 3.22. The summed E-state index contributed by atoms with van der Waals surface area (Å²) in [4.78, 5) is 4.36. The molecule has 0 unspecified atom stereocenters. The first-order chi connectivity index (χ1) is 7.99. The highest BCUT2D eigenvalue weighted by atomic mass is 35.5. The molecule has 0 atom stereocenters. The zero-order chi connectivity index (χ0) is 12.6. The number of hydrogen-bond acceptors (Lipinski definition) is 3. The van der Waals surface area contributed by atoms with Gasteiger partial charge in [-0.3, -0.25) is 0 Å². The molecule has 17 heavy (non-hydrogen) atoms. The van der Waals surface area contributed by atoms with Crippen LogP contribution in [0.1, 0.15) is 5.56 Å². The fourth-order valence-electron chi connectivity index (χ4n) is 1.13. The molecule has 0 aliphatic carbocycles. The number of rotatable bonds is 1. The highest BCUT2D eigenvalue weighted by Crippen LogP contribution is 2.32. The topological polar surface area (TPSA) is 12.4 Å². The van der Waals surface area contributed by atoms with E-state index in [1.807, 2.05) is 6.92 Å². The third-order valence-electron chi connectivity index (χ3n) is 2.00. The lowest BCUT2D eigenvalue weighted by atomic mass is 10.2. The molecular weight excluding hydrogens is 340 g/mol. The van der Waals surface area contributed by atoms with E-state index in [1.54, 1.807) is 12.1 Å². The highest BCUT2D eigenvalue weighted by Gasteiger charge is 2.07. The first kappa shape index (κ1) is 13.7. The highest BCUT2D eigenvalue weighted by molar-refractivity contribution is 7.69. The van der Waals surface area contributed by atoms with Gasteiger partial charge in [0.25, 0.3) is 0 Å². The largest absolute Gasteiger partial charge is 0.234 e. The lowest BCUT2D eigenvalue weighted by molar-refractivity contribution is 1.38. The number of halogens is 4. The van der Waals surface area contributed by atoms with Gasteiger partial charge in [0.1, 0.15) is 14.0 Å². The average molecular weight is 345 g/mol. The molecule has 0 saturated heterocycles. The molecule has 2 rings (SSSR count). The summed E-state index contributed by atoms with van der Waals surface area (Å²) in [5.41, 5.74) is 1.50. The Bertz CT molecular complexity index is 630. The summed E-state index contributed by atoms with van der Waals surface area (Å²) in [7, 11) is 2.77. The number of benzene rings is 1. The van der Waals surface area contributed by atoms with Crippen molar-refractivity contribution in [3.8, 4) is 0 Å². The molecule has 0 N–H and O–H groups in total. The minimum atomic E-state index is 0.453. The molecule has 0 amide bonds. The molecule has 1 aromatic heterocycles. The molecule has 0 bridgehead atoms. The van der Waals surface area contributed by atoms with E-state index in [4.69, 9.17) is 46.4 Å². The van der Waals surface area contributed by atoms with Crippen molar-refractivity contribution >= 4 is 72.8 Å². The summed E-state index contributed by atoms with van der Waals surface area (Å²) in [5.74, 6) is 0. The van der Waals surface area contributed by atoms with Crippen molar-refractivity contribution in [1.29, 1.82) is 0 Å². The molecule has 7 heteroatoms. The van der Waals surface area contributed by atoms with Gasteiger partial charge in [0.2, 0.25) is 0 Å². The molecule has 1 aromatic carbocycles. The third-order valence-corrected chi connectivity index (χ3v) is 6.21. The summed E-state index contributed by atoms with van der Waals surface area (Å²) < 4.78 is 1.17. The summed E-state index contributed by atoms with van der Waals surface area (Å²) >= 11 is 24.0. The summed E-state index contributed by atoms with van der Waals surface area (Å²) in [6.45, 7) is 1.88. The van der Waals surface area contributed by atoms with Gasteiger partial charge in [-0.2, -0.15) is 0 Å². The summed E-state index contributed by atoms with van der Waals surface area (Å²) in [5, 5.41) is 1.61. The lowest BCUT2D eigenvalue weighted by Gasteiger charge is -2.01. The monoisotopic (exact) mass is 343 g/mol. The molecule has 2 aromatic rings. The minimum absolute atomic E-state index is 0.453. The van der Waals surface area contributed by atoms with Crippen LogP contribution in [0.2, 0.25) is 19.4 Å². The van der Waals surface area contributed by atoms with Gasteiger partial charge in [-0.05, 0) is 24.6 Å². The predicted molar refractivity (Wildman–Crippen MR) is 78.6 cm³/mol. The van der Waals surface area contributed by atoms with Crippen molar-refractivity contribution in [2.45, 2.75) is 6.92 Å². The second-order valence-corrected chi connectivity index (χ2v) is 7.15. The maximum atomic E-state index is 6.09. The zero-order valence-electron chi connectivity index (χ0n) is 8.43. The van der Waals surface area contributed by atoms with Crippen molar-refractivity contribution in [2.75, 3.05) is 0 Å². The molecule has 0 fully saturated rings. The van der Waals surface area contributed by atoms with Gasteiger partial charge < -0.3 is 0 Å². The fourth-order valence-corrected chi connectivity index (χ4v) is 4.29. The maximum Gasteiger partial charge on any atom is 0.147 e. The Morgan fingerprint density at radius 3 is 2.29 bits per heavy atom. The van der Waals surface area contributed by atoms with Crippen LogP contribution in [0.15, 0.2) is 17.1 Å². The molecule has 0 aliphatic heterocycles. The van der Waals surface area contributed by atoms with Crippen LogP contribution in [-0.2, 0) is 0 Å². The molecule has 0 saturated carbocycles. The van der Waals surface area contributed by atoms with Gasteiger partial charge in [-0.1, -0.05) is 67.1 Å². The van der Waals surface area contributed by atoms with Crippen LogP contribution in [0.4, 0.5) is 5.69 Å². The van der Waals surface area contributed by atoms with Crippen molar-refractivity contribution in [2.24, 2.45) is 4.99 Å².